The van der Waals surface area contributed by atoms with Gasteiger partial charge >= 0.3 is 0 Å². The molecule has 18 heavy (non-hydrogen) atoms. The van der Waals surface area contributed by atoms with E-state index in [2.05, 4.69) is 19.2 Å². The summed E-state index contributed by atoms with van der Waals surface area (Å²) in [4.78, 5) is 0. The average Bonchev–Trinajstić information content (AvgIpc) is 2.33. The second-order valence-electron chi connectivity index (χ2n) is 3.97. The van der Waals surface area contributed by atoms with Gasteiger partial charge in [-0.15, -0.1) is 0 Å². The second-order valence-corrected chi connectivity index (χ2v) is 4.37. The first-order valence-electron chi connectivity index (χ1n) is 6.46. The minimum atomic E-state index is 0.192. The van der Waals surface area contributed by atoms with Crippen LogP contribution in [0.1, 0.15) is 39.3 Å². The fourth-order valence-corrected chi connectivity index (χ4v) is 2.15. The number of hydrogen-bond donors (Lipinski definition) is 1. The molecule has 0 heterocycles. The molecule has 1 aromatic rings. The lowest BCUT2D eigenvalue weighted by Crippen LogP contribution is -2.18. The molecule has 0 saturated heterocycles. The fraction of sp³-hybridized carbons (Fsp3) is 0.571. The van der Waals surface area contributed by atoms with Crippen molar-refractivity contribution in [2.24, 2.45) is 0 Å². The monoisotopic (exact) mass is 271 g/mol. The van der Waals surface area contributed by atoms with E-state index in [1.165, 1.54) is 0 Å². The van der Waals surface area contributed by atoms with E-state index >= 15 is 0 Å². The highest BCUT2D eigenvalue weighted by Gasteiger charge is 2.14. The van der Waals surface area contributed by atoms with Crippen molar-refractivity contribution in [3.63, 3.8) is 0 Å². The largest absolute Gasteiger partial charge is 0.490 e. The van der Waals surface area contributed by atoms with E-state index in [9.17, 15) is 0 Å². The van der Waals surface area contributed by atoms with Crippen LogP contribution in [-0.2, 0) is 0 Å². The van der Waals surface area contributed by atoms with Crippen LogP contribution in [-0.4, -0.2) is 19.8 Å². The van der Waals surface area contributed by atoms with Crippen LogP contribution in [0.5, 0.6) is 11.5 Å². The minimum Gasteiger partial charge on any atom is -0.490 e. The summed E-state index contributed by atoms with van der Waals surface area (Å²) in [6.07, 6.45) is 0. The van der Waals surface area contributed by atoms with Gasteiger partial charge in [0, 0.05) is 17.1 Å². The summed E-state index contributed by atoms with van der Waals surface area (Å²) in [7, 11) is 0. The second kappa shape index (κ2) is 7.49. The molecule has 1 unspecified atom stereocenters. The van der Waals surface area contributed by atoms with Gasteiger partial charge in [-0.1, -0.05) is 18.5 Å². The third-order valence-electron chi connectivity index (χ3n) is 2.64. The predicted molar refractivity (Wildman–Crippen MR) is 75.9 cm³/mol. The maximum atomic E-state index is 6.29. The first-order chi connectivity index (χ1) is 8.63. The maximum Gasteiger partial charge on any atom is 0.162 e. The van der Waals surface area contributed by atoms with E-state index < -0.39 is 0 Å². The summed E-state index contributed by atoms with van der Waals surface area (Å²) in [5.41, 5.74) is 1.03. The zero-order valence-corrected chi connectivity index (χ0v) is 12.3. The van der Waals surface area contributed by atoms with Crippen LogP contribution in [0, 0.1) is 0 Å². The Bertz CT molecular complexity index is 382. The molecule has 4 heteroatoms. The summed E-state index contributed by atoms with van der Waals surface area (Å²) in [6.45, 7) is 10.2. The number of benzene rings is 1. The lowest BCUT2D eigenvalue weighted by Gasteiger charge is -2.18. The van der Waals surface area contributed by atoms with Gasteiger partial charge in [0.25, 0.3) is 0 Å². The molecule has 1 aromatic carbocycles. The standard InChI is InChI=1S/C14H22ClNO2/c1-5-16-10(4)11-8-13(17-6-2)14(18-7-3)9-12(11)15/h8-10,16H,5-7H2,1-4H3. The summed E-state index contributed by atoms with van der Waals surface area (Å²) >= 11 is 6.29. The Kier molecular flexibility index (Phi) is 6.30. The normalized spacial score (nSPS) is 12.3. The summed E-state index contributed by atoms with van der Waals surface area (Å²) in [5.74, 6) is 1.46. The Morgan fingerprint density at radius 2 is 1.67 bits per heavy atom. The van der Waals surface area contributed by atoms with Gasteiger partial charge in [-0.25, -0.2) is 0 Å². The van der Waals surface area contributed by atoms with Crippen LogP contribution in [0.2, 0.25) is 5.02 Å². The van der Waals surface area contributed by atoms with Crippen molar-refractivity contribution < 1.29 is 9.47 Å². The summed E-state index contributed by atoms with van der Waals surface area (Å²) in [6, 6.07) is 3.99. The van der Waals surface area contributed by atoms with E-state index in [-0.39, 0.29) is 6.04 Å². The molecule has 1 N–H and O–H groups in total. The van der Waals surface area contributed by atoms with Crippen LogP contribution >= 0.6 is 11.6 Å². The van der Waals surface area contributed by atoms with Crippen molar-refractivity contribution in [1.82, 2.24) is 5.32 Å². The van der Waals surface area contributed by atoms with Gasteiger partial charge in [0.15, 0.2) is 11.5 Å². The summed E-state index contributed by atoms with van der Waals surface area (Å²) in [5, 5.41) is 4.05. The third-order valence-corrected chi connectivity index (χ3v) is 2.97. The number of nitrogens with one attached hydrogen (secondary N) is 1. The molecular weight excluding hydrogens is 250 g/mol. The number of ether oxygens (including phenoxy) is 2. The Morgan fingerprint density at radius 3 is 2.17 bits per heavy atom. The molecule has 0 aliphatic rings. The number of rotatable bonds is 7. The lowest BCUT2D eigenvalue weighted by molar-refractivity contribution is 0.287. The van der Waals surface area contributed by atoms with Crippen LogP contribution in [0.3, 0.4) is 0 Å². The number of halogens is 1. The Morgan fingerprint density at radius 1 is 1.11 bits per heavy atom. The summed E-state index contributed by atoms with van der Waals surface area (Å²) < 4.78 is 11.1. The highest BCUT2D eigenvalue weighted by molar-refractivity contribution is 6.31. The fourth-order valence-electron chi connectivity index (χ4n) is 1.84. The van der Waals surface area contributed by atoms with Crippen molar-refractivity contribution >= 4 is 11.6 Å². The van der Waals surface area contributed by atoms with Crippen LogP contribution in [0.15, 0.2) is 12.1 Å². The molecule has 0 saturated carbocycles. The van der Waals surface area contributed by atoms with Gasteiger partial charge in [0.05, 0.1) is 13.2 Å². The van der Waals surface area contributed by atoms with Gasteiger partial charge in [0.2, 0.25) is 0 Å². The average molecular weight is 272 g/mol. The minimum absolute atomic E-state index is 0.192. The molecule has 0 aromatic heterocycles. The van der Waals surface area contributed by atoms with Gasteiger partial charge in [0.1, 0.15) is 0 Å². The quantitative estimate of drug-likeness (QED) is 0.818. The topological polar surface area (TPSA) is 30.5 Å². The highest BCUT2D eigenvalue weighted by atomic mass is 35.5. The van der Waals surface area contributed by atoms with E-state index in [0.717, 1.165) is 17.9 Å². The van der Waals surface area contributed by atoms with E-state index in [1.807, 2.05) is 26.0 Å². The zero-order valence-electron chi connectivity index (χ0n) is 11.5. The molecule has 102 valence electrons. The Hall–Kier alpha value is -0.930. The molecule has 0 aliphatic heterocycles. The van der Waals surface area contributed by atoms with E-state index in [0.29, 0.717) is 24.0 Å². The SMILES string of the molecule is CCNC(C)c1cc(OCC)c(OCC)cc1Cl. The first kappa shape index (κ1) is 15.1. The molecule has 1 rings (SSSR count). The van der Waals surface area contributed by atoms with Crippen LogP contribution in [0.4, 0.5) is 0 Å². The van der Waals surface area contributed by atoms with Gasteiger partial charge in [-0.3, -0.25) is 0 Å². The van der Waals surface area contributed by atoms with Crippen LogP contribution in [0.25, 0.3) is 0 Å². The van der Waals surface area contributed by atoms with Crippen molar-refractivity contribution in [2.45, 2.75) is 33.7 Å². The molecule has 0 amide bonds. The van der Waals surface area contributed by atoms with E-state index in [4.69, 9.17) is 21.1 Å². The molecular formula is C14H22ClNO2. The lowest BCUT2D eigenvalue weighted by atomic mass is 10.1. The molecule has 0 spiro atoms. The van der Waals surface area contributed by atoms with Crippen LogP contribution < -0.4 is 14.8 Å². The van der Waals surface area contributed by atoms with Crippen molar-refractivity contribution in [2.75, 3.05) is 19.8 Å². The van der Waals surface area contributed by atoms with Gasteiger partial charge in [-0.2, -0.15) is 0 Å². The Labute approximate surface area is 114 Å². The third kappa shape index (κ3) is 3.79. The van der Waals surface area contributed by atoms with Crippen molar-refractivity contribution in [1.29, 1.82) is 0 Å². The molecule has 0 fully saturated rings. The maximum absolute atomic E-state index is 6.29. The Balaban J connectivity index is 3.09. The van der Waals surface area contributed by atoms with Crippen molar-refractivity contribution in [3.05, 3.63) is 22.7 Å². The molecule has 0 aliphatic carbocycles. The smallest absolute Gasteiger partial charge is 0.162 e. The predicted octanol–water partition coefficient (Wildman–Crippen LogP) is 3.81. The molecule has 3 nitrogen and oxygen atoms in total. The van der Waals surface area contributed by atoms with Crippen molar-refractivity contribution in [3.8, 4) is 11.5 Å². The highest BCUT2D eigenvalue weighted by Crippen LogP contribution is 2.36. The van der Waals surface area contributed by atoms with E-state index in [1.54, 1.807) is 0 Å². The first-order valence-corrected chi connectivity index (χ1v) is 6.84. The molecule has 0 bridgehead atoms. The van der Waals surface area contributed by atoms with Gasteiger partial charge in [-0.05, 0) is 38.9 Å². The number of hydrogen-bond acceptors (Lipinski definition) is 3. The molecule has 1 atom stereocenters. The van der Waals surface area contributed by atoms with Gasteiger partial charge < -0.3 is 14.8 Å². The zero-order chi connectivity index (χ0) is 13.5. The molecule has 0 radical (unpaired) electrons.